The van der Waals surface area contributed by atoms with Crippen LogP contribution in [0.1, 0.15) is 27.6 Å². The molecular weight excluding hydrogens is 312 g/mol. The Bertz CT molecular complexity index is 742. The molecule has 0 unspecified atom stereocenters. The number of hydrogen-bond acceptors (Lipinski definition) is 4. The van der Waals surface area contributed by atoms with Crippen LogP contribution in [-0.4, -0.2) is 24.0 Å². The number of benzene rings is 2. The normalized spacial score (nSPS) is 9.83. The van der Waals surface area contributed by atoms with E-state index in [1.807, 2.05) is 0 Å². The maximum atomic E-state index is 11.5. The molecule has 5 nitrogen and oxygen atoms in total. The zero-order chi connectivity index (χ0) is 16.8. The van der Waals surface area contributed by atoms with Gasteiger partial charge in [-0.25, -0.2) is 4.79 Å². The van der Waals surface area contributed by atoms with E-state index in [0.29, 0.717) is 21.9 Å². The summed E-state index contributed by atoms with van der Waals surface area (Å²) in [4.78, 5) is 22.7. The maximum absolute atomic E-state index is 11.5. The van der Waals surface area contributed by atoms with E-state index in [9.17, 15) is 9.59 Å². The Morgan fingerprint density at radius 3 is 2.22 bits per heavy atom. The number of rotatable bonds is 4. The third-order valence-electron chi connectivity index (χ3n) is 3.09. The van der Waals surface area contributed by atoms with Gasteiger partial charge in [-0.2, -0.15) is 0 Å². The Hall–Kier alpha value is -2.73. The molecule has 0 spiro atoms. The van der Waals surface area contributed by atoms with Crippen molar-refractivity contribution in [2.45, 2.75) is 6.92 Å². The molecule has 0 heterocycles. The van der Waals surface area contributed by atoms with Gasteiger partial charge in [0.15, 0.2) is 10.9 Å². The quantitative estimate of drug-likeness (QED) is 0.509. The zero-order valence-corrected chi connectivity index (χ0v) is 13.6. The van der Waals surface area contributed by atoms with Gasteiger partial charge < -0.3 is 15.4 Å². The van der Waals surface area contributed by atoms with E-state index in [4.69, 9.17) is 12.2 Å². The molecule has 0 aromatic heterocycles. The number of methoxy groups -OCH3 is 1. The molecule has 2 aromatic carbocycles. The highest BCUT2D eigenvalue weighted by molar-refractivity contribution is 7.80. The van der Waals surface area contributed by atoms with Crippen molar-refractivity contribution in [2.75, 3.05) is 17.7 Å². The van der Waals surface area contributed by atoms with Crippen molar-refractivity contribution in [3.05, 3.63) is 59.7 Å². The molecule has 0 aliphatic rings. The molecule has 0 radical (unpaired) electrons. The molecule has 2 aromatic rings. The summed E-state index contributed by atoms with van der Waals surface area (Å²) >= 11 is 5.23. The van der Waals surface area contributed by atoms with E-state index in [2.05, 4.69) is 15.4 Å². The summed E-state index contributed by atoms with van der Waals surface area (Å²) in [5.74, 6) is -0.399. The van der Waals surface area contributed by atoms with Crippen LogP contribution in [0.4, 0.5) is 11.4 Å². The van der Waals surface area contributed by atoms with E-state index in [-0.39, 0.29) is 5.78 Å². The average molecular weight is 328 g/mol. The number of ketones is 1. The van der Waals surface area contributed by atoms with E-state index in [1.165, 1.54) is 14.0 Å². The highest BCUT2D eigenvalue weighted by atomic mass is 32.1. The van der Waals surface area contributed by atoms with Gasteiger partial charge in [0.05, 0.1) is 12.7 Å². The van der Waals surface area contributed by atoms with Crippen molar-refractivity contribution in [1.29, 1.82) is 0 Å². The van der Waals surface area contributed by atoms with Gasteiger partial charge in [-0.1, -0.05) is 6.07 Å². The highest BCUT2D eigenvalue weighted by Crippen LogP contribution is 2.14. The minimum Gasteiger partial charge on any atom is -0.465 e. The molecule has 2 rings (SSSR count). The molecule has 6 heteroatoms. The first-order valence-electron chi connectivity index (χ1n) is 6.87. The SMILES string of the molecule is COC(=O)c1cccc(NC(=S)Nc2ccc(C(C)=O)cc2)c1. The predicted molar refractivity (Wildman–Crippen MR) is 94.1 cm³/mol. The van der Waals surface area contributed by atoms with Gasteiger partial charge >= 0.3 is 5.97 Å². The minimum absolute atomic E-state index is 0.0110. The fourth-order valence-corrected chi connectivity index (χ4v) is 2.16. The Kier molecular flexibility index (Phi) is 5.43. The second-order valence-corrected chi connectivity index (χ2v) is 5.19. The smallest absolute Gasteiger partial charge is 0.337 e. The van der Waals surface area contributed by atoms with Crippen molar-refractivity contribution in [2.24, 2.45) is 0 Å². The van der Waals surface area contributed by atoms with E-state index >= 15 is 0 Å². The first kappa shape index (κ1) is 16.6. The molecule has 0 aliphatic heterocycles. The standard InChI is InChI=1S/C17H16N2O3S/c1-11(20)12-6-8-14(9-7-12)18-17(23)19-15-5-3-4-13(10-15)16(21)22-2/h3-10H,1-2H3,(H2,18,19,23). The minimum atomic E-state index is -0.410. The number of hydrogen-bond donors (Lipinski definition) is 2. The van der Waals surface area contributed by atoms with E-state index < -0.39 is 5.97 Å². The van der Waals surface area contributed by atoms with Crippen LogP contribution in [0.25, 0.3) is 0 Å². The second kappa shape index (κ2) is 7.51. The molecular formula is C17H16N2O3S. The van der Waals surface area contributed by atoms with Crippen LogP contribution < -0.4 is 10.6 Å². The van der Waals surface area contributed by atoms with Crippen LogP contribution in [0.15, 0.2) is 48.5 Å². The summed E-state index contributed by atoms with van der Waals surface area (Å²) in [7, 11) is 1.33. The van der Waals surface area contributed by atoms with Crippen LogP contribution in [0.2, 0.25) is 0 Å². The molecule has 0 aliphatic carbocycles. The molecule has 0 saturated heterocycles. The first-order valence-corrected chi connectivity index (χ1v) is 7.28. The topological polar surface area (TPSA) is 67.4 Å². The van der Waals surface area contributed by atoms with Crippen LogP contribution in [-0.2, 0) is 4.74 Å². The Morgan fingerprint density at radius 2 is 1.61 bits per heavy atom. The summed E-state index contributed by atoms with van der Waals surface area (Å²) in [5, 5.41) is 6.38. The fourth-order valence-electron chi connectivity index (χ4n) is 1.92. The average Bonchev–Trinajstić information content (AvgIpc) is 2.54. The van der Waals surface area contributed by atoms with Crippen LogP contribution in [0.3, 0.4) is 0 Å². The first-order chi connectivity index (χ1) is 11.0. The van der Waals surface area contributed by atoms with Crippen molar-refractivity contribution < 1.29 is 14.3 Å². The Balaban J connectivity index is 2.02. The number of ether oxygens (including phenoxy) is 1. The van der Waals surface area contributed by atoms with Gasteiger partial charge in [-0.05, 0) is 61.6 Å². The van der Waals surface area contributed by atoms with Crippen LogP contribution in [0.5, 0.6) is 0 Å². The van der Waals surface area contributed by atoms with Crippen molar-refractivity contribution in [3.8, 4) is 0 Å². The molecule has 118 valence electrons. The lowest BCUT2D eigenvalue weighted by Gasteiger charge is -2.11. The number of Topliss-reactive ketones (excluding diaryl/α,β-unsaturated/α-hetero) is 1. The molecule has 2 N–H and O–H groups in total. The van der Waals surface area contributed by atoms with Gasteiger partial charge in [0.25, 0.3) is 0 Å². The summed E-state index contributed by atoms with van der Waals surface area (Å²) in [6, 6.07) is 13.8. The number of carbonyl (C=O) groups excluding carboxylic acids is 2. The Morgan fingerprint density at radius 1 is 0.957 bits per heavy atom. The third kappa shape index (κ3) is 4.62. The van der Waals surface area contributed by atoms with Gasteiger partial charge in [0, 0.05) is 16.9 Å². The number of anilines is 2. The van der Waals surface area contributed by atoms with Crippen LogP contribution in [0, 0.1) is 0 Å². The molecule has 23 heavy (non-hydrogen) atoms. The molecule has 0 bridgehead atoms. The summed E-state index contributed by atoms with van der Waals surface area (Å²) in [5.41, 5.74) is 2.51. The number of thiocarbonyl (C=S) groups is 1. The summed E-state index contributed by atoms with van der Waals surface area (Å²) in [6.07, 6.45) is 0. The monoisotopic (exact) mass is 328 g/mol. The van der Waals surface area contributed by atoms with Crippen LogP contribution >= 0.6 is 12.2 Å². The fraction of sp³-hybridized carbons (Fsp3) is 0.118. The van der Waals surface area contributed by atoms with Gasteiger partial charge in [0.1, 0.15) is 0 Å². The lowest BCUT2D eigenvalue weighted by atomic mass is 10.1. The van der Waals surface area contributed by atoms with E-state index in [0.717, 1.165) is 5.69 Å². The molecule has 0 amide bonds. The zero-order valence-electron chi connectivity index (χ0n) is 12.8. The third-order valence-corrected chi connectivity index (χ3v) is 3.29. The van der Waals surface area contributed by atoms with Gasteiger partial charge in [0.2, 0.25) is 0 Å². The van der Waals surface area contributed by atoms with Crippen molar-refractivity contribution in [3.63, 3.8) is 0 Å². The van der Waals surface area contributed by atoms with E-state index in [1.54, 1.807) is 48.5 Å². The summed E-state index contributed by atoms with van der Waals surface area (Å²) in [6.45, 7) is 1.52. The van der Waals surface area contributed by atoms with Gasteiger partial charge in [-0.3, -0.25) is 4.79 Å². The second-order valence-electron chi connectivity index (χ2n) is 4.79. The van der Waals surface area contributed by atoms with Gasteiger partial charge in [-0.15, -0.1) is 0 Å². The summed E-state index contributed by atoms with van der Waals surface area (Å²) < 4.78 is 4.68. The molecule has 0 atom stereocenters. The lowest BCUT2D eigenvalue weighted by Crippen LogP contribution is -2.19. The molecule has 0 fully saturated rings. The largest absolute Gasteiger partial charge is 0.465 e. The van der Waals surface area contributed by atoms with Crippen molar-refractivity contribution >= 4 is 40.5 Å². The number of esters is 1. The van der Waals surface area contributed by atoms with Crippen molar-refractivity contribution in [1.82, 2.24) is 0 Å². The lowest BCUT2D eigenvalue weighted by molar-refractivity contribution is 0.0600. The predicted octanol–water partition coefficient (Wildman–Crippen LogP) is 3.48. The molecule has 0 saturated carbocycles. The number of carbonyl (C=O) groups is 2. The highest BCUT2D eigenvalue weighted by Gasteiger charge is 2.06. The Labute approximate surface area is 139 Å². The maximum Gasteiger partial charge on any atom is 0.337 e. The number of nitrogens with one attached hydrogen (secondary N) is 2.